The molecule has 0 aliphatic carbocycles. The van der Waals surface area contributed by atoms with E-state index >= 15 is 0 Å². The molecule has 186 valence electrons. The second-order valence-electron chi connectivity index (χ2n) is 9.54. The fourth-order valence-corrected chi connectivity index (χ4v) is 5.15. The van der Waals surface area contributed by atoms with Gasteiger partial charge in [-0.15, -0.1) is 0 Å². The lowest BCUT2D eigenvalue weighted by Crippen LogP contribution is -2.47. The first-order valence-corrected chi connectivity index (χ1v) is 12.2. The van der Waals surface area contributed by atoms with Gasteiger partial charge in [0.1, 0.15) is 17.3 Å². The van der Waals surface area contributed by atoms with Crippen molar-refractivity contribution in [2.75, 3.05) is 27.2 Å². The summed E-state index contributed by atoms with van der Waals surface area (Å²) in [5.41, 5.74) is 3.32. The normalized spacial score (nSPS) is 15.7. The molecular formula is C28H35FN4O2. The third-order valence-corrected chi connectivity index (χ3v) is 7.15. The van der Waals surface area contributed by atoms with Crippen molar-refractivity contribution in [1.82, 2.24) is 19.6 Å². The van der Waals surface area contributed by atoms with Crippen LogP contribution < -0.4 is 4.74 Å². The number of aryl methyl sites for hydroxylation is 2. The molecule has 0 N–H and O–H groups in total. The smallest absolute Gasteiger partial charge is 0.272 e. The van der Waals surface area contributed by atoms with E-state index in [0.717, 1.165) is 38.0 Å². The van der Waals surface area contributed by atoms with Crippen LogP contribution in [-0.4, -0.2) is 58.8 Å². The summed E-state index contributed by atoms with van der Waals surface area (Å²) >= 11 is 0. The van der Waals surface area contributed by atoms with E-state index < -0.39 is 0 Å². The molecule has 1 amide bonds. The lowest BCUT2D eigenvalue weighted by Gasteiger charge is -2.40. The molecular weight excluding hydrogens is 443 g/mol. The molecule has 1 unspecified atom stereocenters. The molecule has 7 heteroatoms. The molecule has 1 aromatic heterocycles. The van der Waals surface area contributed by atoms with Crippen molar-refractivity contribution in [1.29, 1.82) is 0 Å². The molecule has 0 saturated carbocycles. The van der Waals surface area contributed by atoms with Gasteiger partial charge in [-0.1, -0.05) is 30.3 Å². The summed E-state index contributed by atoms with van der Waals surface area (Å²) in [6, 6.07) is 17.2. The van der Waals surface area contributed by atoms with E-state index in [1.807, 2.05) is 50.2 Å². The molecule has 6 nitrogen and oxygen atoms in total. The van der Waals surface area contributed by atoms with E-state index in [2.05, 4.69) is 22.1 Å². The Bertz CT molecular complexity index is 1140. The lowest BCUT2D eigenvalue weighted by atomic mass is 9.84. The minimum absolute atomic E-state index is 0.00471. The zero-order valence-corrected chi connectivity index (χ0v) is 21.1. The summed E-state index contributed by atoms with van der Waals surface area (Å²) in [6.45, 7) is 4.18. The van der Waals surface area contributed by atoms with E-state index in [9.17, 15) is 9.18 Å². The average molecular weight is 479 g/mol. The van der Waals surface area contributed by atoms with Crippen LogP contribution in [0.2, 0.25) is 0 Å². The third-order valence-electron chi connectivity index (χ3n) is 7.15. The van der Waals surface area contributed by atoms with Crippen molar-refractivity contribution in [2.45, 2.75) is 38.8 Å². The molecule has 1 aliphatic heterocycles. The highest BCUT2D eigenvalue weighted by Crippen LogP contribution is 2.29. The highest BCUT2D eigenvalue weighted by Gasteiger charge is 2.33. The molecule has 0 bridgehead atoms. The largest absolute Gasteiger partial charge is 0.497 e. The van der Waals surface area contributed by atoms with Gasteiger partial charge in [-0.3, -0.25) is 14.4 Å². The fraction of sp³-hybridized carbons (Fsp3) is 0.429. The Morgan fingerprint density at radius 3 is 2.51 bits per heavy atom. The first-order valence-electron chi connectivity index (χ1n) is 12.2. The number of aromatic nitrogens is 2. The Hall–Kier alpha value is -3.19. The van der Waals surface area contributed by atoms with Crippen molar-refractivity contribution in [3.05, 3.63) is 82.9 Å². The Labute approximate surface area is 207 Å². The van der Waals surface area contributed by atoms with Crippen molar-refractivity contribution in [3.8, 4) is 5.75 Å². The highest BCUT2D eigenvalue weighted by atomic mass is 19.1. The minimum atomic E-state index is -0.202. The van der Waals surface area contributed by atoms with Gasteiger partial charge >= 0.3 is 0 Å². The Morgan fingerprint density at radius 2 is 1.89 bits per heavy atom. The number of hydrogen-bond donors (Lipinski definition) is 0. The number of ether oxygens (including phenoxy) is 1. The van der Waals surface area contributed by atoms with Crippen molar-refractivity contribution < 1.29 is 13.9 Å². The number of methoxy groups -OCH3 is 1. The minimum Gasteiger partial charge on any atom is -0.497 e. The molecule has 0 radical (unpaired) electrons. The van der Waals surface area contributed by atoms with Crippen molar-refractivity contribution >= 4 is 5.91 Å². The first-order chi connectivity index (χ1) is 16.9. The number of amides is 1. The van der Waals surface area contributed by atoms with E-state index in [-0.39, 0.29) is 17.8 Å². The Balaban J connectivity index is 1.48. The number of nitrogens with zero attached hydrogens (tertiary/aromatic N) is 4. The van der Waals surface area contributed by atoms with E-state index in [1.54, 1.807) is 23.9 Å². The van der Waals surface area contributed by atoms with Gasteiger partial charge in [0, 0.05) is 32.2 Å². The number of halogens is 1. The number of likely N-dealkylation sites (N-methyl/N-ethyl adjacent to an activating group) is 1. The molecule has 35 heavy (non-hydrogen) atoms. The van der Waals surface area contributed by atoms with Crippen molar-refractivity contribution in [3.63, 3.8) is 0 Å². The van der Waals surface area contributed by atoms with Gasteiger partial charge in [-0.05, 0) is 75.0 Å². The molecule has 4 rings (SSSR count). The quantitative estimate of drug-likeness (QED) is 0.479. The number of rotatable bonds is 8. The van der Waals surface area contributed by atoms with Gasteiger partial charge in [-0.25, -0.2) is 4.39 Å². The predicted octanol–water partition coefficient (Wildman–Crippen LogP) is 4.47. The van der Waals surface area contributed by atoms with Gasteiger partial charge in [-0.2, -0.15) is 5.10 Å². The monoisotopic (exact) mass is 478 g/mol. The van der Waals surface area contributed by atoms with Crippen LogP contribution in [0.3, 0.4) is 0 Å². The summed E-state index contributed by atoms with van der Waals surface area (Å²) in [4.78, 5) is 17.7. The molecule has 1 atom stereocenters. The Kier molecular flexibility index (Phi) is 7.86. The second kappa shape index (κ2) is 11.0. The lowest BCUT2D eigenvalue weighted by molar-refractivity contribution is 0.0574. The molecule has 2 aromatic carbocycles. The standard InChI is InChI=1S/C28H35FN4O2/c1-20-16-27(32(3)30-20)28(34)31(2)26(17-21-8-6-5-7-9-21)22-12-14-33(15-13-22)19-23-18-24(35-4)10-11-25(23)29/h5-11,16,18,22,26H,12-15,17,19H2,1-4H3. The topological polar surface area (TPSA) is 50.6 Å². The Morgan fingerprint density at radius 1 is 1.17 bits per heavy atom. The number of likely N-dealkylation sites (tertiary alicyclic amines) is 1. The second-order valence-corrected chi connectivity index (χ2v) is 9.54. The maximum atomic E-state index is 14.4. The molecule has 3 aromatic rings. The molecule has 1 saturated heterocycles. The predicted molar refractivity (Wildman–Crippen MR) is 135 cm³/mol. The average Bonchev–Trinajstić information content (AvgIpc) is 3.22. The van der Waals surface area contributed by atoms with Crippen LogP contribution in [0.5, 0.6) is 5.75 Å². The molecule has 1 aliphatic rings. The SMILES string of the molecule is COc1ccc(F)c(CN2CCC(C(Cc3ccccc3)N(C)C(=O)c3cc(C)nn3C)CC2)c1. The van der Waals surface area contributed by atoms with E-state index in [1.165, 1.54) is 11.6 Å². The van der Waals surface area contributed by atoms with Crippen LogP contribution in [0.1, 0.15) is 40.2 Å². The number of piperidine rings is 1. The molecule has 1 fully saturated rings. The van der Waals surface area contributed by atoms with Gasteiger partial charge in [0.15, 0.2) is 0 Å². The third kappa shape index (κ3) is 5.90. The van der Waals surface area contributed by atoms with Crippen LogP contribution >= 0.6 is 0 Å². The number of hydrogen-bond acceptors (Lipinski definition) is 4. The summed E-state index contributed by atoms with van der Waals surface area (Å²) in [7, 11) is 5.33. The molecule has 2 heterocycles. The van der Waals surface area contributed by atoms with Crippen molar-refractivity contribution in [2.24, 2.45) is 13.0 Å². The maximum Gasteiger partial charge on any atom is 0.272 e. The van der Waals surface area contributed by atoms with Gasteiger partial charge in [0.25, 0.3) is 5.91 Å². The van der Waals surface area contributed by atoms with Crippen LogP contribution in [0.15, 0.2) is 54.6 Å². The van der Waals surface area contributed by atoms with Crippen LogP contribution in [0.4, 0.5) is 4.39 Å². The van der Waals surface area contributed by atoms with Gasteiger partial charge < -0.3 is 9.64 Å². The highest BCUT2D eigenvalue weighted by molar-refractivity contribution is 5.92. The number of benzene rings is 2. The van der Waals surface area contributed by atoms with Gasteiger partial charge in [0.05, 0.1) is 12.8 Å². The van der Waals surface area contributed by atoms with Crippen LogP contribution in [0, 0.1) is 18.7 Å². The number of carbonyl (C=O) groups excluding carboxylic acids is 1. The van der Waals surface area contributed by atoms with E-state index in [4.69, 9.17) is 4.74 Å². The fourth-order valence-electron chi connectivity index (χ4n) is 5.15. The zero-order valence-electron chi connectivity index (χ0n) is 21.1. The maximum absolute atomic E-state index is 14.4. The zero-order chi connectivity index (χ0) is 24.9. The summed E-state index contributed by atoms with van der Waals surface area (Å²) in [5.74, 6) is 0.816. The van der Waals surface area contributed by atoms with Crippen LogP contribution in [-0.2, 0) is 20.0 Å². The summed E-state index contributed by atoms with van der Waals surface area (Å²) < 4.78 is 21.3. The first kappa shape index (κ1) is 24.9. The van der Waals surface area contributed by atoms with Gasteiger partial charge in [0.2, 0.25) is 0 Å². The van der Waals surface area contributed by atoms with E-state index in [0.29, 0.717) is 29.5 Å². The summed E-state index contributed by atoms with van der Waals surface area (Å²) in [5, 5.41) is 4.36. The number of carbonyl (C=O) groups is 1. The summed E-state index contributed by atoms with van der Waals surface area (Å²) in [6.07, 6.45) is 2.70. The van der Waals surface area contributed by atoms with Crippen LogP contribution in [0.25, 0.3) is 0 Å². The molecule has 0 spiro atoms.